The molecule has 1 unspecified atom stereocenters. The molecule has 2 aromatic rings. The first-order valence-corrected chi connectivity index (χ1v) is 9.84. The van der Waals surface area contributed by atoms with E-state index in [9.17, 15) is 19.5 Å². The Labute approximate surface area is 160 Å². The third kappa shape index (κ3) is 4.17. The minimum Gasteiger partial charge on any atom is -0.477 e. The predicted molar refractivity (Wildman–Crippen MR) is 104 cm³/mol. The molecule has 2 heterocycles. The smallest absolute Gasteiger partial charge is 0.341 e. The van der Waals surface area contributed by atoms with Crippen LogP contribution in [0.4, 0.5) is 0 Å². The van der Waals surface area contributed by atoms with Gasteiger partial charge in [0.25, 0.3) is 0 Å². The third-order valence-electron chi connectivity index (χ3n) is 4.69. The van der Waals surface area contributed by atoms with Gasteiger partial charge in [0.1, 0.15) is 5.56 Å². The van der Waals surface area contributed by atoms with E-state index < -0.39 is 11.4 Å². The predicted octanol–water partition coefficient (Wildman–Crippen LogP) is 2.06. The molecular formula is C19H22N2O5S. The standard InChI is InChI=1S/C19H22N2O5S/c1-12-2-3-13-8-14(27-7-6-26-5-4-20-11-22)9-15-17(13)21(12)10-16(18(15)23)19(24)25/h8-12H,2-7H2,1H3,(H,20,22)(H,24,25). The Morgan fingerprint density at radius 1 is 1.44 bits per heavy atom. The summed E-state index contributed by atoms with van der Waals surface area (Å²) in [5.74, 6) is -0.490. The van der Waals surface area contributed by atoms with Crippen LogP contribution >= 0.6 is 11.8 Å². The fraction of sp³-hybridized carbons (Fsp3) is 0.421. The molecule has 8 heteroatoms. The number of thioether (sulfide) groups is 1. The van der Waals surface area contributed by atoms with Crippen LogP contribution in [-0.4, -0.2) is 47.6 Å². The summed E-state index contributed by atoms with van der Waals surface area (Å²) in [6, 6.07) is 4.04. The largest absolute Gasteiger partial charge is 0.477 e. The molecule has 0 spiro atoms. The number of carboxylic acids is 1. The van der Waals surface area contributed by atoms with Gasteiger partial charge < -0.3 is 19.7 Å². The van der Waals surface area contributed by atoms with Crippen LogP contribution < -0.4 is 10.7 Å². The number of aromatic carboxylic acids is 1. The Morgan fingerprint density at radius 2 is 2.26 bits per heavy atom. The Hall–Kier alpha value is -2.32. The minimum atomic E-state index is -1.19. The van der Waals surface area contributed by atoms with Crippen LogP contribution in [0.1, 0.15) is 35.3 Å². The van der Waals surface area contributed by atoms with Crippen molar-refractivity contribution in [2.75, 3.05) is 25.5 Å². The summed E-state index contributed by atoms with van der Waals surface area (Å²) < 4.78 is 7.36. The molecule has 1 aliphatic heterocycles. The fourth-order valence-corrected chi connectivity index (χ4v) is 4.20. The van der Waals surface area contributed by atoms with Crippen LogP contribution in [0.2, 0.25) is 0 Å². The highest BCUT2D eigenvalue weighted by atomic mass is 32.2. The first-order valence-electron chi connectivity index (χ1n) is 8.85. The lowest BCUT2D eigenvalue weighted by Gasteiger charge is -2.27. The molecule has 27 heavy (non-hydrogen) atoms. The number of carbonyl (C=O) groups is 2. The van der Waals surface area contributed by atoms with Gasteiger partial charge in [0.15, 0.2) is 0 Å². The monoisotopic (exact) mass is 390 g/mol. The third-order valence-corrected chi connectivity index (χ3v) is 5.63. The number of hydrogen-bond acceptors (Lipinski definition) is 5. The van der Waals surface area contributed by atoms with Gasteiger partial charge in [-0.25, -0.2) is 4.79 Å². The van der Waals surface area contributed by atoms with Crippen molar-refractivity contribution in [3.8, 4) is 0 Å². The number of carbonyl (C=O) groups excluding carboxylic acids is 1. The number of rotatable bonds is 9. The summed E-state index contributed by atoms with van der Waals surface area (Å²) >= 11 is 1.57. The van der Waals surface area contributed by atoms with Crippen LogP contribution in [0.15, 0.2) is 28.0 Å². The molecule has 0 saturated carbocycles. The van der Waals surface area contributed by atoms with Crippen LogP contribution in [0.3, 0.4) is 0 Å². The number of nitrogens with zero attached hydrogens (tertiary/aromatic N) is 1. The van der Waals surface area contributed by atoms with E-state index >= 15 is 0 Å². The highest BCUT2D eigenvalue weighted by Crippen LogP contribution is 2.33. The quantitative estimate of drug-likeness (QED) is 0.386. The summed E-state index contributed by atoms with van der Waals surface area (Å²) in [5.41, 5.74) is 1.32. The van der Waals surface area contributed by atoms with Crippen molar-refractivity contribution < 1.29 is 19.4 Å². The lowest BCUT2D eigenvalue weighted by Crippen LogP contribution is -2.23. The first-order chi connectivity index (χ1) is 13.0. The van der Waals surface area contributed by atoms with Gasteiger partial charge in [0.2, 0.25) is 11.8 Å². The average Bonchev–Trinajstić information content (AvgIpc) is 2.65. The highest BCUT2D eigenvalue weighted by molar-refractivity contribution is 7.99. The molecule has 0 aliphatic carbocycles. The molecule has 3 rings (SSSR count). The molecule has 0 saturated heterocycles. The molecule has 1 atom stereocenters. The molecule has 2 N–H and O–H groups in total. The van der Waals surface area contributed by atoms with Crippen molar-refractivity contribution in [2.24, 2.45) is 0 Å². The summed E-state index contributed by atoms with van der Waals surface area (Å²) in [5, 5.41) is 12.4. The lowest BCUT2D eigenvalue weighted by atomic mass is 9.96. The van der Waals surface area contributed by atoms with E-state index in [0.29, 0.717) is 37.3 Å². The number of hydrogen-bond donors (Lipinski definition) is 2. The van der Waals surface area contributed by atoms with Gasteiger partial charge in [0.05, 0.1) is 18.7 Å². The SMILES string of the molecule is CC1CCc2cc(SCCOCCNC=O)cc3c(=O)c(C(=O)O)cn1c23. The second-order valence-corrected chi connectivity index (χ2v) is 7.65. The fourth-order valence-electron chi connectivity index (χ4n) is 3.34. The lowest BCUT2D eigenvalue weighted by molar-refractivity contribution is -0.109. The molecule has 0 radical (unpaired) electrons. The van der Waals surface area contributed by atoms with E-state index in [1.165, 1.54) is 6.20 Å². The van der Waals surface area contributed by atoms with Gasteiger partial charge in [0, 0.05) is 34.8 Å². The van der Waals surface area contributed by atoms with Gasteiger partial charge in [-0.1, -0.05) is 0 Å². The van der Waals surface area contributed by atoms with Crippen molar-refractivity contribution in [3.63, 3.8) is 0 Å². The molecule has 1 amide bonds. The van der Waals surface area contributed by atoms with E-state index in [4.69, 9.17) is 4.74 Å². The zero-order valence-electron chi connectivity index (χ0n) is 15.1. The number of aryl methyl sites for hydroxylation is 1. The van der Waals surface area contributed by atoms with Crippen LogP contribution in [0, 0.1) is 0 Å². The molecule has 7 nitrogen and oxygen atoms in total. The van der Waals surface area contributed by atoms with Crippen molar-refractivity contribution in [3.05, 3.63) is 39.7 Å². The molecular weight excluding hydrogens is 368 g/mol. The van der Waals surface area contributed by atoms with Gasteiger partial charge in [-0.05, 0) is 37.5 Å². The summed E-state index contributed by atoms with van der Waals surface area (Å²) in [6.45, 7) is 3.49. The summed E-state index contributed by atoms with van der Waals surface area (Å²) in [4.78, 5) is 35.3. The molecule has 144 valence electrons. The normalized spacial score (nSPS) is 15.7. The Bertz CT molecular complexity index is 924. The van der Waals surface area contributed by atoms with Crippen molar-refractivity contribution in [2.45, 2.75) is 30.7 Å². The molecule has 0 fully saturated rings. The van der Waals surface area contributed by atoms with E-state index in [1.54, 1.807) is 17.8 Å². The maximum absolute atomic E-state index is 12.7. The number of carboxylic acid groups (broad SMARTS) is 1. The summed E-state index contributed by atoms with van der Waals surface area (Å²) in [6.07, 6.45) is 3.89. The highest BCUT2D eigenvalue weighted by Gasteiger charge is 2.23. The van der Waals surface area contributed by atoms with Crippen LogP contribution in [0.25, 0.3) is 10.9 Å². The van der Waals surface area contributed by atoms with Gasteiger partial charge in [-0.2, -0.15) is 0 Å². The van der Waals surface area contributed by atoms with E-state index in [0.717, 1.165) is 28.8 Å². The zero-order chi connectivity index (χ0) is 19.4. The molecule has 1 aliphatic rings. The number of benzene rings is 1. The topological polar surface area (TPSA) is 97.6 Å². The zero-order valence-corrected chi connectivity index (χ0v) is 15.9. The van der Waals surface area contributed by atoms with E-state index in [-0.39, 0.29) is 11.6 Å². The molecule has 0 bridgehead atoms. The van der Waals surface area contributed by atoms with Crippen molar-refractivity contribution in [1.29, 1.82) is 0 Å². The second kappa shape index (κ2) is 8.58. The summed E-state index contributed by atoms with van der Waals surface area (Å²) in [7, 11) is 0. The maximum Gasteiger partial charge on any atom is 0.341 e. The number of nitrogens with one attached hydrogen (secondary N) is 1. The van der Waals surface area contributed by atoms with Gasteiger partial charge >= 0.3 is 5.97 Å². The Balaban J connectivity index is 1.85. The first kappa shape index (κ1) is 19.4. The number of aromatic nitrogens is 1. The number of pyridine rings is 1. The second-order valence-electron chi connectivity index (χ2n) is 6.48. The van der Waals surface area contributed by atoms with E-state index in [1.807, 2.05) is 11.5 Å². The van der Waals surface area contributed by atoms with Crippen molar-refractivity contribution >= 4 is 35.0 Å². The molecule has 1 aromatic heterocycles. The Kier molecular flexibility index (Phi) is 6.18. The van der Waals surface area contributed by atoms with Gasteiger partial charge in [-0.3, -0.25) is 9.59 Å². The minimum absolute atomic E-state index is 0.158. The number of ether oxygens (including phenoxy) is 1. The van der Waals surface area contributed by atoms with Crippen LogP contribution in [-0.2, 0) is 16.0 Å². The Morgan fingerprint density at radius 3 is 3.00 bits per heavy atom. The van der Waals surface area contributed by atoms with E-state index in [2.05, 4.69) is 11.4 Å². The average molecular weight is 390 g/mol. The van der Waals surface area contributed by atoms with Crippen molar-refractivity contribution in [1.82, 2.24) is 9.88 Å². The maximum atomic E-state index is 12.7. The van der Waals surface area contributed by atoms with Crippen LogP contribution in [0.5, 0.6) is 0 Å². The van der Waals surface area contributed by atoms with Gasteiger partial charge in [-0.15, -0.1) is 11.8 Å². The number of amides is 1. The molecule has 1 aromatic carbocycles.